The average Bonchev–Trinajstić information content (AvgIpc) is 3.10. The number of oxazole rings is 1. The first-order valence-electron chi connectivity index (χ1n) is 6.48. The van der Waals surface area contributed by atoms with E-state index in [2.05, 4.69) is 4.98 Å². The van der Waals surface area contributed by atoms with E-state index in [1.54, 1.807) is 30.4 Å². The Bertz CT molecular complexity index is 732. The number of thiophene rings is 1. The van der Waals surface area contributed by atoms with Crippen molar-refractivity contribution in [2.45, 2.75) is 13.3 Å². The van der Waals surface area contributed by atoms with Crippen LogP contribution in [0.15, 0.2) is 52.3 Å². The molecule has 106 valence electrons. The first kappa shape index (κ1) is 13.6. The molecule has 0 atom stereocenters. The highest BCUT2D eigenvalue weighted by Gasteiger charge is 2.16. The molecule has 0 saturated heterocycles. The molecule has 4 nitrogen and oxygen atoms in total. The lowest BCUT2D eigenvalue weighted by atomic mass is 10.3. The van der Waals surface area contributed by atoms with Crippen LogP contribution in [-0.4, -0.2) is 11.0 Å². The summed E-state index contributed by atoms with van der Waals surface area (Å²) in [4.78, 5) is 17.3. The fraction of sp³-hybridized carbons (Fsp3) is 0.125. The normalized spacial score (nSPS) is 10.5. The first-order chi connectivity index (χ1) is 10.2. The topological polar surface area (TPSA) is 52.3 Å². The highest BCUT2D eigenvalue weighted by atomic mass is 32.1. The zero-order chi connectivity index (χ0) is 14.7. The Hall–Kier alpha value is -2.40. The van der Waals surface area contributed by atoms with Crippen molar-refractivity contribution in [3.8, 4) is 16.5 Å². The van der Waals surface area contributed by atoms with Gasteiger partial charge in [0.1, 0.15) is 11.5 Å². The van der Waals surface area contributed by atoms with Gasteiger partial charge in [-0.25, -0.2) is 4.98 Å². The molecule has 0 aliphatic carbocycles. The summed E-state index contributed by atoms with van der Waals surface area (Å²) < 4.78 is 10.9. The molecule has 21 heavy (non-hydrogen) atoms. The van der Waals surface area contributed by atoms with E-state index < -0.39 is 0 Å². The molecule has 0 radical (unpaired) electrons. The van der Waals surface area contributed by atoms with Gasteiger partial charge in [0.25, 0.3) is 0 Å². The Morgan fingerprint density at radius 1 is 1.24 bits per heavy atom. The van der Waals surface area contributed by atoms with Crippen LogP contribution in [0, 0.1) is 6.92 Å². The van der Waals surface area contributed by atoms with Gasteiger partial charge in [-0.05, 0) is 30.5 Å². The fourth-order valence-corrected chi connectivity index (χ4v) is 2.54. The molecule has 0 fully saturated rings. The van der Waals surface area contributed by atoms with Crippen LogP contribution in [0.2, 0.25) is 0 Å². The molecule has 5 heteroatoms. The maximum Gasteiger partial charge on any atom is 0.317 e. The van der Waals surface area contributed by atoms with Crippen LogP contribution < -0.4 is 4.74 Å². The van der Waals surface area contributed by atoms with Gasteiger partial charge in [-0.15, -0.1) is 11.3 Å². The van der Waals surface area contributed by atoms with Crippen LogP contribution in [0.4, 0.5) is 0 Å². The third kappa shape index (κ3) is 3.20. The molecule has 3 aromatic rings. The van der Waals surface area contributed by atoms with Gasteiger partial charge in [-0.3, -0.25) is 4.79 Å². The number of hydrogen-bond donors (Lipinski definition) is 0. The van der Waals surface area contributed by atoms with Crippen LogP contribution in [0.1, 0.15) is 11.5 Å². The minimum Gasteiger partial charge on any atom is -0.440 e. The molecule has 1 aromatic carbocycles. The minimum absolute atomic E-state index is 0.0929. The molecule has 0 aliphatic rings. The largest absolute Gasteiger partial charge is 0.440 e. The van der Waals surface area contributed by atoms with Crippen molar-refractivity contribution in [1.82, 2.24) is 4.98 Å². The lowest BCUT2D eigenvalue weighted by Crippen LogP contribution is -2.12. The van der Waals surface area contributed by atoms with Crippen molar-refractivity contribution in [3.05, 3.63) is 59.3 Å². The van der Waals surface area contributed by atoms with Crippen molar-refractivity contribution in [2.75, 3.05) is 0 Å². The number of carbonyl (C=O) groups excluding carboxylic acids is 1. The van der Waals surface area contributed by atoms with Crippen LogP contribution in [0.25, 0.3) is 10.8 Å². The summed E-state index contributed by atoms with van der Waals surface area (Å²) in [5, 5.41) is 1.96. The number of aryl methyl sites for hydroxylation is 1. The number of esters is 1. The number of ether oxygens (including phenoxy) is 1. The van der Waals surface area contributed by atoms with E-state index in [0.29, 0.717) is 23.1 Å². The second kappa shape index (κ2) is 5.93. The van der Waals surface area contributed by atoms with Crippen molar-refractivity contribution in [3.63, 3.8) is 0 Å². The molecule has 0 aliphatic heterocycles. The fourth-order valence-electron chi connectivity index (χ4n) is 1.89. The standard InChI is InChI=1S/C16H13NO3S/c1-11-13(17-16(19-11)14-8-5-9-21-14)10-15(18)20-12-6-3-2-4-7-12/h2-9H,10H2,1H3. The predicted molar refractivity (Wildman–Crippen MR) is 80.3 cm³/mol. The summed E-state index contributed by atoms with van der Waals surface area (Å²) in [5.74, 6) is 1.37. The molecule has 0 spiro atoms. The molecule has 3 rings (SSSR count). The van der Waals surface area contributed by atoms with Gasteiger partial charge < -0.3 is 9.15 Å². The molecule has 2 heterocycles. The smallest absolute Gasteiger partial charge is 0.317 e. The number of carbonyl (C=O) groups is 1. The molecule has 0 unspecified atom stereocenters. The van der Waals surface area contributed by atoms with Crippen LogP contribution in [-0.2, 0) is 11.2 Å². The zero-order valence-corrected chi connectivity index (χ0v) is 12.2. The van der Waals surface area contributed by atoms with Gasteiger partial charge in [0.2, 0.25) is 5.89 Å². The summed E-state index contributed by atoms with van der Waals surface area (Å²) >= 11 is 1.55. The van der Waals surface area contributed by atoms with E-state index in [0.717, 1.165) is 4.88 Å². The Balaban J connectivity index is 1.72. The third-order valence-corrected chi connectivity index (χ3v) is 3.77. The van der Waals surface area contributed by atoms with Crippen LogP contribution in [0.5, 0.6) is 5.75 Å². The molecule has 0 N–H and O–H groups in total. The monoisotopic (exact) mass is 299 g/mol. The summed E-state index contributed by atoms with van der Waals surface area (Å²) in [5.41, 5.74) is 0.610. The van der Waals surface area contributed by atoms with E-state index in [4.69, 9.17) is 9.15 Å². The Morgan fingerprint density at radius 3 is 2.76 bits per heavy atom. The van der Waals surface area contributed by atoms with Gasteiger partial charge in [0.05, 0.1) is 17.0 Å². The van der Waals surface area contributed by atoms with Crippen molar-refractivity contribution in [1.29, 1.82) is 0 Å². The summed E-state index contributed by atoms with van der Waals surface area (Å²) in [6, 6.07) is 12.9. The second-order valence-corrected chi connectivity index (χ2v) is 5.41. The van der Waals surface area contributed by atoms with Crippen molar-refractivity contribution in [2.24, 2.45) is 0 Å². The zero-order valence-electron chi connectivity index (χ0n) is 11.4. The first-order valence-corrected chi connectivity index (χ1v) is 7.36. The highest BCUT2D eigenvalue weighted by molar-refractivity contribution is 7.13. The van der Waals surface area contributed by atoms with Gasteiger partial charge in [-0.2, -0.15) is 0 Å². The van der Waals surface area contributed by atoms with E-state index in [-0.39, 0.29) is 12.4 Å². The van der Waals surface area contributed by atoms with Gasteiger partial charge in [-0.1, -0.05) is 24.3 Å². The Morgan fingerprint density at radius 2 is 2.05 bits per heavy atom. The molecular weight excluding hydrogens is 286 g/mol. The second-order valence-electron chi connectivity index (χ2n) is 4.46. The Kier molecular flexibility index (Phi) is 3.83. The number of benzene rings is 1. The Labute approximate surface area is 126 Å². The van der Waals surface area contributed by atoms with Crippen LogP contribution >= 0.6 is 11.3 Å². The molecular formula is C16H13NO3S. The van der Waals surface area contributed by atoms with Gasteiger partial charge >= 0.3 is 5.97 Å². The van der Waals surface area contributed by atoms with Gasteiger partial charge in [0.15, 0.2) is 0 Å². The van der Waals surface area contributed by atoms with Gasteiger partial charge in [0, 0.05) is 0 Å². The summed E-state index contributed by atoms with van der Waals surface area (Å²) in [6.45, 7) is 1.80. The molecule has 0 bridgehead atoms. The number of hydrogen-bond acceptors (Lipinski definition) is 5. The summed E-state index contributed by atoms with van der Waals surface area (Å²) in [7, 11) is 0. The van der Waals surface area contributed by atoms with E-state index in [1.165, 1.54) is 0 Å². The molecule has 2 aromatic heterocycles. The van der Waals surface area contributed by atoms with Crippen molar-refractivity contribution >= 4 is 17.3 Å². The predicted octanol–water partition coefficient (Wildman–Crippen LogP) is 3.86. The lowest BCUT2D eigenvalue weighted by molar-refractivity contribution is -0.133. The number of rotatable bonds is 4. The number of nitrogens with zero attached hydrogens (tertiary/aromatic N) is 1. The van der Waals surface area contributed by atoms with E-state index in [9.17, 15) is 4.79 Å². The van der Waals surface area contributed by atoms with Crippen molar-refractivity contribution < 1.29 is 13.9 Å². The number of para-hydroxylation sites is 1. The average molecular weight is 299 g/mol. The summed E-state index contributed by atoms with van der Waals surface area (Å²) in [6.07, 6.45) is 0.0929. The molecule has 0 saturated carbocycles. The van der Waals surface area contributed by atoms with E-state index in [1.807, 2.05) is 35.7 Å². The van der Waals surface area contributed by atoms with E-state index >= 15 is 0 Å². The SMILES string of the molecule is Cc1oc(-c2cccs2)nc1CC(=O)Oc1ccccc1. The maximum absolute atomic E-state index is 11.9. The molecule has 0 amide bonds. The maximum atomic E-state index is 11.9. The minimum atomic E-state index is -0.352. The van der Waals surface area contributed by atoms with Crippen LogP contribution in [0.3, 0.4) is 0 Å². The third-order valence-electron chi connectivity index (χ3n) is 2.91. The highest BCUT2D eigenvalue weighted by Crippen LogP contribution is 2.26. The quantitative estimate of drug-likeness (QED) is 0.542. The number of aromatic nitrogens is 1. The lowest BCUT2D eigenvalue weighted by Gasteiger charge is -2.02.